The Labute approximate surface area is 158 Å². The molecule has 1 aliphatic rings. The van der Waals surface area contributed by atoms with Crippen LogP contribution in [0.15, 0.2) is 18.2 Å². The maximum atomic E-state index is 12.7. The summed E-state index contributed by atoms with van der Waals surface area (Å²) in [4.78, 5) is 6.15. The van der Waals surface area contributed by atoms with E-state index in [0.29, 0.717) is 12.6 Å². The van der Waals surface area contributed by atoms with Crippen molar-refractivity contribution in [2.75, 3.05) is 20.1 Å². The zero-order chi connectivity index (χ0) is 19.8. The number of phenols is 1. The van der Waals surface area contributed by atoms with Crippen LogP contribution in [-0.2, 0) is 6.18 Å². The standard InChI is InChI=1S/C17H18ClF3N4O2/c1-25-6-2-3-9(8-25)14(27)16-22-15(18)13(23-24-16)11-5-4-10(7-12(11)26)17(19,20)21/h4-5,7,9,14,26-27H,2-3,6,8H2,1H3. The molecule has 2 heterocycles. The minimum absolute atomic E-state index is 0.0218. The molecule has 2 unspecified atom stereocenters. The summed E-state index contributed by atoms with van der Waals surface area (Å²) in [5.74, 6) is -0.646. The van der Waals surface area contributed by atoms with Crippen LogP contribution in [0.2, 0.25) is 5.15 Å². The predicted molar refractivity (Wildman–Crippen MR) is 92.1 cm³/mol. The van der Waals surface area contributed by atoms with Gasteiger partial charge in [0.05, 0.1) is 5.56 Å². The molecule has 0 amide bonds. The summed E-state index contributed by atoms with van der Waals surface area (Å²) in [7, 11) is 1.96. The van der Waals surface area contributed by atoms with Crippen LogP contribution in [0.4, 0.5) is 13.2 Å². The van der Waals surface area contributed by atoms with Gasteiger partial charge in [-0.25, -0.2) is 4.98 Å². The lowest BCUT2D eigenvalue weighted by Gasteiger charge is -2.31. The fourth-order valence-electron chi connectivity index (χ4n) is 3.19. The fourth-order valence-corrected chi connectivity index (χ4v) is 3.42. The number of likely N-dealkylation sites (tertiary alicyclic amines) is 1. The lowest BCUT2D eigenvalue weighted by molar-refractivity contribution is -0.137. The van der Waals surface area contributed by atoms with Crippen molar-refractivity contribution in [3.63, 3.8) is 0 Å². The second-order valence-corrected chi connectivity index (χ2v) is 7.01. The Hall–Kier alpha value is -1.97. The fraction of sp³-hybridized carbons (Fsp3) is 0.471. The van der Waals surface area contributed by atoms with E-state index in [9.17, 15) is 23.4 Å². The number of halogens is 4. The largest absolute Gasteiger partial charge is 0.507 e. The normalized spacial score (nSPS) is 19.9. The first-order valence-electron chi connectivity index (χ1n) is 8.34. The minimum Gasteiger partial charge on any atom is -0.507 e. The molecule has 0 bridgehead atoms. The first-order chi connectivity index (χ1) is 12.7. The van der Waals surface area contributed by atoms with E-state index in [0.717, 1.165) is 31.5 Å². The quantitative estimate of drug-likeness (QED) is 0.819. The van der Waals surface area contributed by atoms with Gasteiger partial charge in [0, 0.05) is 18.0 Å². The Bertz CT molecular complexity index is 834. The average Bonchev–Trinajstić information content (AvgIpc) is 2.60. The number of alkyl halides is 3. The van der Waals surface area contributed by atoms with Crippen molar-refractivity contribution in [1.82, 2.24) is 20.1 Å². The molecule has 1 aromatic carbocycles. The number of benzene rings is 1. The Kier molecular flexibility index (Phi) is 5.55. The van der Waals surface area contributed by atoms with Crippen LogP contribution in [0.5, 0.6) is 5.75 Å². The minimum atomic E-state index is -4.58. The molecule has 146 valence electrons. The zero-order valence-electron chi connectivity index (χ0n) is 14.4. The molecular formula is C17H18ClF3N4O2. The van der Waals surface area contributed by atoms with Crippen molar-refractivity contribution in [3.05, 3.63) is 34.7 Å². The number of piperidine rings is 1. The van der Waals surface area contributed by atoms with Crippen molar-refractivity contribution >= 4 is 11.6 Å². The maximum absolute atomic E-state index is 12.7. The number of aliphatic hydroxyl groups excluding tert-OH is 1. The molecule has 10 heteroatoms. The molecule has 1 saturated heterocycles. The lowest BCUT2D eigenvalue weighted by atomic mass is 9.92. The average molecular weight is 403 g/mol. The van der Waals surface area contributed by atoms with Gasteiger partial charge >= 0.3 is 6.18 Å². The molecule has 1 aromatic heterocycles. The highest BCUT2D eigenvalue weighted by molar-refractivity contribution is 6.31. The summed E-state index contributed by atoms with van der Waals surface area (Å²) in [6.07, 6.45) is -3.77. The van der Waals surface area contributed by atoms with Crippen molar-refractivity contribution in [3.8, 4) is 17.0 Å². The highest BCUT2D eigenvalue weighted by atomic mass is 35.5. The van der Waals surface area contributed by atoms with Gasteiger partial charge in [-0.2, -0.15) is 13.2 Å². The summed E-state index contributed by atoms with van der Waals surface area (Å²) in [6, 6.07) is 2.46. The van der Waals surface area contributed by atoms with Crippen LogP contribution in [0, 0.1) is 5.92 Å². The number of aliphatic hydroxyl groups is 1. The molecule has 2 N–H and O–H groups in total. The third kappa shape index (κ3) is 4.31. The monoisotopic (exact) mass is 402 g/mol. The van der Waals surface area contributed by atoms with Gasteiger partial charge < -0.3 is 15.1 Å². The van der Waals surface area contributed by atoms with Gasteiger partial charge in [0.1, 0.15) is 17.5 Å². The van der Waals surface area contributed by atoms with Crippen LogP contribution in [0.3, 0.4) is 0 Å². The second-order valence-electron chi connectivity index (χ2n) is 6.65. The highest BCUT2D eigenvalue weighted by Crippen LogP contribution is 2.37. The molecule has 0 aliphatic carbocycles. The van der Waals surface area contributed by atoms with Gasteiger partial charge in [-0.3, -0.25) is 0 Å². The van der Waals surface area contributed by atoms with E-state index in [1.165, 1.54) is 0 Å². The number of hydrogen-bond donors (Lipinski definition) is 2. The molecule has 0 saturated carbocycles. The number of aromatic nitrogens is 3. The first kappa shape index (κ1) is 19.8. The summed E-state index contributed by atoms with van der Waals surface area (Å²) in [5, 5.41) is 28.0. The molecule has 3 rings (SSSR count). The van der Waals surface area contributed by atoms with E-state index in [1.54, 1.807) is 0 Å². The molecule has 2 atom stereocenters. The summed E-state index contributed by atoms with van der Waals surface area (Å²) >= 11 is 6.11. The SMILES string of the molecule is CN1CCCC(C(O)c2nnc(-c3ccc(C(F)(F)F)cc3O)c(Cl)n2)C1. The van der Waals surface area contributed by atoms with Crippen molar-refractivity contribution < 1.29 is 23.4 Å². The number of phenolic OH excluding ortho intramolecular Hbond substituents is 1. The molecular weight excluding hydrogens is 385 g/mol. The van der Waals surface area contributed by atoms with E-state index >= 15 is 0 Å². The predicted octanol–water partition coefficient (Wildman–Crippen LogP) is 3.29. The molecule has 0 spiro atoms. The molecule has 27 heavy (non-hydrogen) atoms. The second kappa shape index (κ2) is 7.57. The van der Waals surface area contributed by atoms with Crippen LogP contribution in [0.25, 0.3) is 11.3 Å². The van der Waals surface area contributed by atoms with Gasteiger partial charge in [0.2, 0.25) is 0 Å². The summed E-state index contributed by atoms with van der Waals surface area (Å²) in [5.41, 5.74) is -1.07. The molecule has 2 aromatic rings. The van der Waals surface area contributed by atoms with Gasteiger partial charge in [-0.1, -0.05) is 11.6 Å². The van der Waals surface area contributed by atoms with E-state index < -0.39 is 23.6 Å². The van der Waals surface area contributed by atoms with Gasteiger partial charge in [-0.05, 0) is 44.6 Å². The van der Waals surface area contributed by atoms with Gasteiger partial charge in [-0.15, -0.1) is 10.2 Å². The highest BCUT2D eigenvalue weighted by Gasteiger charge is 2.32. The number of aromatic hydroxyl groups is 1. The number of nitrogens with zero attached hydrogens (tertiary/aromatic N) is 4. The Morgan fingerprint density at radius 1 is 1.30 bits per heavy atom. The van der Waals surface area contributed by atoms with E-state index in [-0.39, 0.29) is 28.2 Å². The Balaban J connectivity index is 1.87. The van der Waals surface area contributed by atoms with E-state index in [2.05, 4.69) is 20.1 Å². The number of hydrogen-bond acceptors (Lipinski definition) is 6. The van der Waals surface area contributed by atoms with Crippen molar-refractivity contribution in [2.24, 2.45) is 5.92 Å². The molecule has 1 fully saturated rings. The van der Waals surface area contributed by atoms with Crippen LogP contribution < -0.4 is 0 Å². The third-order valence-electron chi connectivity index (χ3n) is 4.61. The topological polar surface area (TPSA) is 82.4 Å². The third-order valence-corrected chi connectivity index (χ3v) is 4.88. The van der Waals surface area contributed by atoms with Crippen LogP contribution >= 0.6 is 11.6 Å². The summed E-state index contributed by atoms with van der Waals surface area (Å²) < 4.78 is 38.2. The van der Waals surface area contributed by atoms with Crippen LogP contribution in [-0.4, -0.2) is 50.4 Å². The van der Waals surface area contributed by atoms with Gasteiger partial charge in [0.25, 0.3) is 0 Å². The van der Waals surface area contributed by atoms with Gasteiger partial charge in [0.15, 0.2) is 11.0 Å². The smallest absolute Gasteiger partial charge is 0.416 e. The molecule has 6 nitrogen and oxygen atoms in total. The lowest BCUT2D eigenvalue weighted by Crippen LogP contribution is -2.35. The van der Waals surface area contributed by atoms with E-state index in [4.69, 9.17) is 11.6 Å². The molecule has 1 aliphatic heterocycles. The Morgan fingerprint density at radius 2 is 2.04 bits per heavy atom. The van der Waals surface area contributed by atoms with Crippen molar-refractivity contribution in [1.29, 1.82) is 0 Å². The zero-order valence-corrected chi connectivity index (χ0v) is 15.2. The van der Waals surface area contributed by atoms with Crippen LogP contribution in [0.1, 0.15) is 30.3 Å². The Morgan fingerprint density at radius 3 is 2.63 bits per heavy atom. The first-order valence-corrected chi connectivity index (χ1v) is 8.72. The summed E-state index contributed by atoms with van der Waals surface area (Å²) in [6.45, 7) is 1.64. The maximum Gasteiger partial charge on any atom is 0.416 e. The van der Waals surface area contributed by atoms with E-state index in [1.807, 2.05) is 7.05 Å². The van der Waals surface area contributed by atoms with Crippen molar-refractivity contribution in [2.45, 2.75) is 25.1 Å². The number of rotatable bonds is 3. The molecule has 0 radical (unpaired) electrons.